The smallest absolute Gasteiger partial charge is 0.278 e. The Balaban J connectivity index is 1.63. The number of carbonyl (C=O) groups is 1. The molecule has 2 aliphatic heterocycles. The topological polar surface area (TPSA) is 83.8 Å². The van der Waals surface area contributed by atoms with Crippen LogP contribution in [0.25, 0.3) is 0 Å². The maximum Gasteiger partial charge on any atom is 0.278 e. The molecule has 1 saturated carbocycles. The van der Waals surface area contributed by atoms with Crippen molar-refractivity contribution in [3.63, 3.8) is 0 Å². The lowest BCUT2D eigenvalue weighted by Gasteiger charge is -2.43. The SMILES string of the molecule is O=C1c2c(O)c(=O)ccn2N[C@@H]2COC(SC3CC3)CN12. The van der Waals surface area contributed by atoms with Crippen molar-refractivity contribution in [3.05, 3.63) is 28.2 Å². The first-order chi connectivity index (χ1) is 10.1. The number of pyridine rings is 1. The van der Waals surface area contributed by atoms with Crippen LogP contribution < -0.4 is 10.9 Å². The highest BCUT2D eigenvalue weighted by Gasteiger charge is 2.40. The number of carbonyl (C=O) groups excluding carboxylic acids is 1. The monoisotopic (exact) mass is 309 g/mol. The van der Waals surface area contributed by atoms with E-state index < -0.39 is 11.2 Å². The molecule has 1 aromatic heterocycles. The Morgan fingerprint density at radius 2 is 2.19 bits per heavy atom. The van der Waals surface area contributed by atoms with E-state index in [1.807, 2.05) is 0 Å². The second-order valence-electron chi connectivity index (χ2n) is 5.45. The summed E-state index contributed by atoms with van der Waals surface area (Å²) in [6, 6.07) is 1.23. The molecule has 2 atom stereocenters. The van der Waals surface area contributed by atoms with E-state index in [0.717, 1.165) is 0 Å². The fourth-order valence-corrected chi connectivity index (χ4v) is 3.84. The van der Waals surface area contributed by atoms with E-state index in [1.54, 1.807) is 16.7 Å². The molecule has 1 amide bonds. The molecule has 2 N–H and O–H groups in total. The zero-order chi connectivity index (χ0) is 14.6. The number of rotatable bonds is 2. The summed E-state index contributed by atoms with van der Waals surface area (Å²) in [5, 5.41) is 10.5. The van der Waals surface area contributed by atoms with E-state index in [1.165, 1.54) is 29.8 Å². The highest BCUT2D eigenvalue weighted by molar-refractivity contribution is 8.00. The quantitative estimate of drug-likeness (QED) is 0.808. The van der Waals surface area contributed by atoms with Crippen molar-refractivity contribution in [3.8, 4) is 5.75 Å². The van der Waals surface area contributed by atoms with Crippen LogP contribution in [-0.2, 0) is 4.74 Å². The summed E-state index contributed by atoms with van der Waals surface area (Å²) in [4.78, 5) is 25.7. The molecular formula is C13H15N3O4S. The van der Waals surface area contributed by atoms with Gasteiger partial charge in [0.15, 0.2) is 11.4 Å². The summed E-state index contributed by atoms with van der Waals surface area (Å²) >= 11 is 1.76. The molecule has 0 spiro atoms. The predicted octanol–water partition coefficient (Wildman–Crippen LogP) is 0.131. The molecule has 1 unspecified atom stereocenters. The van der Waals surface area contributed by atoms with E-state index in [0.29, 0.717) is 18.4 Å². The van der Waals surface area contributed by atoms with Gasteiger partial charge < -0.3 is 20.2 Å². The number of nitrogens with one attached hydrogen (secondary N) is 1. The summed E-state index contributed by atoms with van der Waals surface area (Å²) in [7, 11) is 0. The molecular weight excluding hydrogens is 294 g/mol. The molecule has 3 heterocycles. The molecule has 8 heteroatoms. The highest BCUT2D eigenvalue weighted by Crippen LogP contribution is 2.39. The molecule has 3 aliphatic rings. The first-order valence-electron chi connectivity index (χ1n) is 6.92. The van der Waals surface area contributed by atoms with Crippen LogP contribution in [0.15, 0.2) is 17.1 Å². The molecule has 21 heavy (non-hydrogen) atoms. The molecule has 2 fully saturated rings. The Morgan fingerprint density at radius 3 is 2.95 bits per heavy atom. The minimum atomic E-state index is -0.549. The van der Waals surface area contributed by atoms with Gasteiger partial charge in [0.05, 0.1) is 13.2 Å². The van der Waals surface area contributed by atoms with Gasteiger partial charge in [-0.25, -0.2) is 0 Å². The van der Waals surface area contributed by atoms with Crippen LogP contribution in [0.4, 0.5) is 0 Å². The van der Waals surface area contributed by atoms with Crippen molar-refractivity contribution in [1.82, 2.24) is 9.58 Å². The van der Waals surface area contributed by atoms with Crippen LogP contribution in [-0.4, -0.2) is 50.6 Å². The van der Waals surface area contributed by atoms with Crippen molar-refractivity contribution in [2.45, 2.75) is 29.7 Å². The molecule has 1 aromatic rings. The van der Waals surface area contributed by atoms with Crippen LogP contribution in [0, 0.1) is 0 Å². The van der Waals surface area contributed by atoms with E-state index in [4.69, 9.17) is 4.74 Å². The number of morpholine rings is 1. The fraction of sp³-hybridized carbons (Fsp3) is 0.538. The van der Waals surface area contributed by atoms with Crippen LogP contribution in [0.1, 0.15) is 23.3 Å². The summed E-state index contributed by atoms with van der Waals surface area (Å²) < 4.78 is 7.19. The molecule has 1 aliphatic carbocycles. The van der Waals surface area contributed by atoms with Crippen molar-refractivity contribution in [2.75, 3.05) is 18.6 Å². The summed E-state index contributed by atoms with van der Waals surface area (Å²) in [5.41, 5.74) is 2.48. The molecule has 4 rings (SSSR count). The van der Waals surface area contributed by atoms with Crippen LogP contribution in [0.3, 0.4) is 0 Å². The normalized spacial score (nSPS) is 27.8. The number of ether oxygens (including phenoxy) is 1. The number of hydrogen-bond donors (Lipinski definition) is 2. The number of amides is 1. The zero-order valence-electron chi connectivity index (χ0n) is 11.2. The Labute approximate surface area is 124 Å². The van der Waals surface area contributed by atoms with E-state index in [-0.39, 0.29) is 23.2 Å². The van der Waals surface area contributed by atoms with Gasteiger partial charge in [0.1, 0.15) is 11.6 Å². The average molecular weight is 309 g/mol. The van der Waals surface area contributed by atoms with Gasteiger partial charge in [-0.3, -0.25) is 14.3 Å². The van der Waals surface area contributed by atoms with Crippen molar-refractivity contribution in [1.29, 1.82) is 0 Å². The number of fused-ring (bicyclic) bond motifs is 2. The van der Waals surface area contributed by atoms with E-state index in [2.05, 4.69) is 5.43 Å². The molecule has 0 radical (unpaired) electrons. The van der Waals surface area contributed by atoms with Gasteiger partial charge in [-0.2, -0.15) is 0 Å². The highest BCUT2D eigenvalue weighted by atomic mass is 32.2. The zero-order valence-corrected chi connectivity index (χ0v) is 12.0. The third-order valence-electron chi connectivity index (χ3n) is 3.86. The first kappa shape index (κ1) is 13.0. The molecule has 0 aromatic carbocycles. The number of aromatic hydroxyl groups is 1. The minimum Gasteiger partial charge on any atom is -0.502 e. The van der Waals surface area contributed by atoms with Crippen LogP contribution in [0.2, 0.25) is 0 Å². The fourth-order valence-electron chi connectivity index (χ4n) is 2.60. The third-order valence-corrected chi connectivity index (χ3v) is 5.30. The molecule has 1 saturated heterocycles. The second-order valence-corrected chi connectivity index (χ2v) is 6.91. The van der Waals surface area contributed by atoms with Crippen molar-refractivity contribution >= 4 is 17.7 Å². The van der Waals surface area contributed by atoms with Gasteiger partial charge in [0.25, 0.3) is 5.91 Å². The van der Waals surface area contributed by atoms with E-state index in [9.17, 15) is 14.7 Å². The summed E-state index contributed by atoms with van der Waals surface area (Å²) in [6.07, 6.45) is 3.60. The number of thioether (sulfide) groups is 1. The maximum atomic E-state index is 12.6. The van der Waals surface area contributed by atoms with Gasteiger partial charge in [0, 0.05) is 17.5 Å². The number of nitrogens with zero attached hydrogens (tertiary/aromatic N) is 2. The maximum absolute atomic E-state index is 12.6. The van der Waals surface area contributed by atoms with Gasteiger partial charge in [-0.15, -0.1) is 11.8 Å². The summed E-state index contributed by atoms with van der Waals surface area (Å²) in [5.74, 6) is -0.843. The Kier molecular flexibility index (Phi) is 2.90. The van der Waals surface area contributed by atoms with Gasteiger partial charge in [-0.1, -0.05) is 0 Å². The second kappa shape index (κ2) is 4.67. The lowest BCUT2D eigenvalue weighted by molar-refractivity contribution is -0.0165. The van der Waals surface area contributed by atoms with Crippen molar-refractivity contribution < 1.29 is 14.6 Å². The number of hydrogen-bond acceptors (Lipinski definition) is 6. The molecule has 0 bridgehead atoms. The van der Waals surface area contributed by atoms with Crippen LogP contribution >= 0.6 is 11.8 Å². The molecule has 7 nitrogen and oxygen atoms in total. The standard InChI is InChI=1S/C13H15N3O4S/c17-8-3-4-16-11(12(8)18)13(19)15-5-10(21-7-1-2-7)20-6-9(15)14-16/h3-4,7,9-10,14,18H,1-2,5-6H2/t9-,10?/m0/s1. The van der Waals surface area contributed by atoms with E-state index >= 15 is 0 Å². The van der Waals surface area contributed by atoms with Gasteiger partial charge >= 0.3 is 0 Å². The third kappa shape index (κ3) is 2.18. The Bertz CT molecular complexity index is 657. The van der Waals surface area contributed by atoms with Gasteiger partial charge in [-0.05, 0) is 12.8 Å². The summed E-state index contributed by atoms with van der Waals surface area (Å²) in [6.45, 7) is 0.850. The Morgan fingerprint density at radius 1 is 1.38 bits per heavy atom. The predicted molar refractivity (Wildman–Crippen MR) is 76.9 cm³/mol. The Hall–Kier alpha value is -1.67. The van der Waals surface area contributed by atoms with Gasteiger partial charge in [0.2, 0.25) is 5.43 Å². The minimum absolute atomic E-state index is 0.00387. The van der Waals surface area contributed by atoms with Crippen LogP contribution in [0.5, 0.6) is 5.75 Å². The lowest BCUT2D eigenvalue weighted by Crippen LogP contribution is -2.60. The number of aromatic nitrogens is 1. The van der Waals surface area contributed by atoms with Crippen molar-refractivity contribution in [2.24, 2.45) is 0 Å². The largest absolute Gasteiger partial charge is 0.502 e. The molecule has 112 valence electrons. The average Bonchev–Trinajstić information content (AvgIpc) is 3.28. The first-order valence-corrected chi connectivity index (χ1v) is 7.87. The lowest BCUT2D eigenvalue weighted by atomic mass is 10.2.